The fraction of sp³-hybridized carbons (Fsp3) is 0.933. The fourth-order valence-corrected chi connectivity index (χ4v) is 3.12. The van der Waals surface area contributed by atoms with Gasteiger partial charge >= 0.3 is 5.97 Å². The number of carbonyl (C=O) groups is 1. The molecule has 0 heterocycles. The smallest absolute Gasteiger partial charge is 0.324 e. The van der Waals surface area contributed by atoms with Gasteiger partial charge in [0.25, 0.3) is 0 Å². The molecule has 0 aromatic carbocycles. The first-order valence-electron chi connectivity index (χ1n) is 7.65. The molecule has 0 spiro atoms. The lowest BCUT2D eigenvalue weighted by Crippen LogP contribution is -2.53. The highest BCUT2D eigenvalue weighted by atomic mass is 16.5. The lowest BCUT2D eigenvalue weighted by atomic mass is 9.84. The van der Waals surface area contributed by atoms with Crippen LogP contribution >= 0.6 is 0 Å². The molecule has 118 valence electrons. The molecule has 20 heavy (non-hydrogen) atoms. The van der Waals surface area contributed by atoms with E-state index in [0.29, 0.717) is 0 Å². The minimum absolute atomic E-state index is 0.221. The van der Waals surface area contributed by atoms with Crippen LogP contribution in [0.2, 0.25) is 0 Å². The number of aliphatic carboxylic acids is 1. The summed E-state index contributed by atoms with van der Waals surface area (Å²) in [6.07, 6.45) is 3.93. The zero-order chi connectivity index (χ0) is 15.2. The Balaban J connectivity index is 2.38. The molecule has 1 saturated carbocycles. The van der Waals surface area contributed by atoms with Crippen LogP contribution in [0.1, 0.15) is 39.5 Å². The summed E-state index contributed by atoms with van der Waals surface area (Å²) in [7, 11) is 3.84. The Labute approximate surface area is 122 Å². The van der Waals surface area contributed by atoms with Crippen LogP contribution < -0.4 is 5.32 Å². The third-order valence-electron chi connectivity index (χ3n) is 4.43. The van der Waals surface area contributed by atoms with Gasteiger partial charge in [-0.05, 0) is 59.7 Å². The Morgan fingerprint density at radius 3 is 2.75 bits per heavy atom. The van der Waals surface area contributed by atoms with Gasteiger partial charge in [-0.3, -0.25) is 4.79 Å². The lowest BCUT2D eigenvalue weighted by Gasteiger charge is -2.32. The summed E-state index contributed by atoms with van der Waals surface area (Å²) in [4.78, 5) is 13.8. The van der Waals surface area contributed by atoms with Crippen LogP contribution in [0.5, 0.6) is 0 Å². The monoisotopic (exact) mass is 286 g/mol. The largest absolute Gasteiger partial charge is 0.480 e. The van der Waals surface area contributed by atoms with Crippen molar-refractivity contribution in [3.8, 4) is 0 Å². The molecule has 5 heteroatoms. The highest BCUT2D eigenvalue weighted by molar-refractivity contribution is 5.79. The molecule has 0 aliphatic heterocycles. The first kappa shape index (κ1) is 17.4. The van der Waals surface area contributed by atoms with E-state index in [2.05, 4.69) is 17.3 Å². The summed E-state index contributed by atoms with van der Waals surface area (Å²) in [5, 5.41) is 12.6. The fourth-order valence-electron chi connectivity index (χ4n) is 3.12. The van der Waals surface area contributed by atoms with Gasteiger partial charge in [0.15, 0.2) is 0 Å². The van der Waals surface area contributed by atoms with E-state index in [1.165, 1.54) is 0 Å². The molecule has 0 bridgehead atoms. The summed E-state index contributed by atoms with van der Waals surface area (Å²) in [5.74, 6) is -0.480. The Hall–Kier alpha value is -0.650. The van der Waals surface area contributed by atoms with E-state index in [-0.39, 0.29) is 12.0 Å². The van der Waals surface area contributed by atoms with E-state index < -0.39 is 11.5 Å². The van der Waals surface area contributed by atoms with E-state index in [1.54, 1.807) is 7.05 Å². The van der Waals surface area contributed by atoms with Crippen molar-refractivity contribution in [3.05, 3.63) is 0 Å². The molecule has 0 amide bonds. The highest BCUT2D eigenvalue weighted by Gasteiger charge is 2.47. The first-order chi connectivity index (χ1) is 9.42. The number of rotatable bonds is 9. The van der Waals surface area contributed by atoms with Crippen molar-refractivity contribution < 1.29 is 14.6 Å². The normalized spacial score (nSPS) is 26.6. The third kappa shape index (κ3) is 4.43. The number of nitrogens with zero attached hydrogens (tertiary/aromatic N) is 1. The standard InChI is InChI=1S/C15H30N2O3/c1-12(2)20-11-10-17(4)9-7-13-6-5-8-15(13,16-3)14(18)19/h12-13,16H,5-11H2,1-4H3,(H,18,19). The van der Waals surface area contributed by atoms with E-state index >= 15 is 0 Å². The number of hydrogen-bond acceptors (Lipinski definition) is 4. The van der Waals surface area contributed by atoms with Gasteiger partial charge in [0.05, 0.1) is 12.7 Å². The van der Waals surface area contributed by atoms with Gasteiger partial charge in [0, 0.05) is 6.54 Å². The molecule has 2 atom stereocenters. The third-order valence-corrected chi connectivity index (χ3v) is 4.43. The number of hydrogen-bond donors (Lipinski definition) is 2. The Morgan fingerprint density at radius 2 is 2.20 bits per heavy atom. The molecule has 0 aromatic heterocycles. The minimum atomic E-state index is -0.713. The van der Waals surface area contributed by atoms with Crippen molar-refractivity contribution in [2.75, 3.05) is 33.8 Å². The molecule has 0 saturated heterocycles. The van der Waals surface area contributed by atoms with Crippen LogP contribution in [0.15, 0.2) is 0 Å². The molecule has 2 unspecified atom stereocenters. The molecule has 0 aromatic rings. The van der Waals surface area contributed by atoms with Crippen molar-refractivity contribution in [2.24, 2.45) is 5.92 Å². The van der Waals surface area contributed by atoms with Crippen LogP contribution in [0.4, 0.5) is 0 Å². The van der Waals surface area contributed by atoms with Crippen molar-refractivity contribution in [1.29, 1.82) is 0 Å². The van der Waals surface area contributed by atoms with Crippen LogP contribution in [-0.4, -0.2) is 61.4 Å². The predicted molar refractivity (Wildman–Crippen MR) is 80.0 cm³/mol. The van der Waals surface area contributed by atoms with Crippen LogP contribution in [-0.2, 0) is 9.53 Å². The zero-order valence-electron chi connectivity index (χ0n) is 13.3. The van der Waals surface area contributed by atoms with Gasteiger partial charge < -0.3 is 20.1 Å². The maximum Gasteiger partial charge on any atom is 0.324 e. The average Bonchev–Trinajstić information content (AvgIpc) is 2.80. The number of carboxylic acids is 1. The number of carboxylic acid groups (broad SMARTS) is 1. The van der Waals surface area contributed by atoms with E-state index in [0.717, 1.165) is 45.4 Å². The van der Waals surface area contributed by atoms with Crippen LogP contribution in [0.3, 0.4) is 0 Å². The second-order valence-electron chi connectivity index (χ2n) is 6.13. The molecule has 0 radical (unpaired) electrons. The van der Waals surface area contributed by atoms with Crippen molar-refractivity contribution >= 4 is 5.97 Å². The second-order valence-corrected chi connectivity index (χ2v) is 6.13. The Bertz CT molecular complexity index is 309. The van der Waals surface area contributed by atoms with Gasteiger partial charge in [-0.15, -0.1) is 0 Å². The molecule has 1 rings (SSSR count). The predicted octanol–water partition coefficient (Wildman–Crippen LogP) is 1.58. The molecule has 5 nitrogen and oxygen atoms in total. The molecular weight excluding hydrogens is 256 g/mol. The molecular formula is C15H30N2O3. The van der Waals surface area contributed by atoms with Crippen molar-refractivity contribution in [1.82, 2.24) is 10.2 Å². The van der Waals surface area contributed by atoms with Crippen molar-refractivity contribution in [2.45, 2.75) is 51.2 Å². The first-order valence-corrected chi connectivity index (χ1v) is 7.65. The Kier molecular flexibility index (Phi) is 6.92. The lowest BCUT2D eigenvalue weighted by molar-refractivity contribution is -0.146. The maximum absolute atomic E-state index is 11.6. The summed E-state index contributed by atoms with van der Waals surface area (Å²) >= 11 is 0. The average molecular weight is 286 g/mol. The highest BCUT2D eigenvalue weighted by Crippen LogP contribution is 2.38. The number of nitrogens with one attached hydrogen (secondary N) is 1. The van der Waals surface area contributed by atoms with Gasteiger partial charge in [-0.1, -0.05) is 6.42 Å². The van der Waals surface area contributed by atoms with Gasteiger partial charge in [0.1, 0.15) is 5.54 Å². The maximum atomic E-state index is 11.6. The minimum Gasteiger partial charge on any atom is -0.480 e. The van der Waals surface area contributed by atoms with Gasteiger partial charge in [-0.25, -0.2) is 0 Å². The number of likely N-dealkylation sites (N-methyl/N-ethyl adjacent to an activating group) is 2. The van der Waals surface area contributed by atoms with Crippen LogP contribution in [0.25, 0.3) is 0 Å². The van der Waals surface area contributed by atoms with Crippen molar-refractivity contribution in [3.63, 3.8) is 0 Å². The quantitative estimate of drug-likeness (QED) is 0.674. The van der Waals surface area contributed by atoms with E-state index in [1.807, 2.05) is 13.8 Å². The van der Waals surface area contributed by atoms with Gasteiger partial charge in [-0.2, -0.15) is 0 Å². The SMILES string of the molecule is CNC1(C(=O)O)CCCC1CCN(C)CCOC(C)C. The van der Waals surface area contributed by atoms with Gasteiger partial charge in [0.2, 0.25) is 0 Å². The summed E-state index contributed by atoms with van der Waals surface area (Å²) in [6.45, 7) is 6.61. The molecule has 1 aliphatic carbocycles. The summed E-state index contributed by atoms with van der Waals surface area (Å²) < 4.78 is 5.54. The molecule has 1 aliphatic rings. The molecule has 2 N–H and O–H groups in total. The second kappa shape index (κ2) is 7.96. The van der Waals surface area contributed by atoms with Crippen LogP contribution in [0, 0.1) is 5.92 Å². The van der Waals surface area contributed by atoms with E-state index in [4.69, 9.17) is 4.74 Å². The zero-order valence-corrected chi connectivity index (χ0v) is 13.3. The topological polar surface area (TPSA) is 61.8 Å². The summed E-state index contributed by atoms with van der Waals surface area (Å²) in [6, 6.07) is 0. The Morgan fingerprint density at radius 1 is 1.50 bits per heavy atom. The molecule has 1 fully saturated rings. The summed E-state index contributed by atoms with van der Waals surface area (Å²) in [5.41, 5.74) is -0.713. The van der Waals surface area contributed by atoms with E-state index in [9.17, 15) is 9.90 Å². The number of ether oxygens (including phenoxy) is 1.